The molecule has 0 atom stereocenters. The Balaban J connectivity index is 1.36. The lowest BCUT2D eigenvalue weighted by atomic mass is 9.77. The fourth-order valence-corrected chi connectivity index (χ4v) is 8.77. The standard InChI is InChI=1S/C66H72N2/c1-62(2,3)54-34-50(45-27-22-28-46(29-45)61-67-59(43-23-18-16-19-24-43)42-60(68-61)44-25-20-17-21-26-44)33-51(35-54)47-30-48(52-36-55(63(4,5)6)40-56(37-52)64(7,8)9)32-49(31-47)53-38-57(65(10,11)12)41-58(39-53)66(13,14)15/h16-42H,1-15H3. The maximum Gasteiger partial charge on any atom is 0.160 e. The van der Waals surface area contributed by atoms with Crippen LogP contribution in [0.2, 0.25) is 0 Å². The summed E-state index contributed by atoms with van der Waals surface area (Å²) in [6.07, 6.45) is 0. The van der Waals surface area contributed by atoms with Crippen molar-refractivity contribution in [3.63, 3.8) is 0 Å². The predicted molar refractivity (Wildman–Crippen MR) is 294 cm³/mol. The minimum absolute atomic E-state index is 0.0133. The van der Waals surface area contributed by atoms with Crippen LogP contribution in [-0.4, -0.2) is 9.97 Å². The molecule has 0 radical (unpaired) electrons. The van der Waals surface area contributed by atoms with E-state index in [4.69, 9.17) is 9.97 Å². The summed E-state index contributed by atoms with van der Waals surface area (Å²) in [7, 11) is 0. The van der Waals surface area contributed by atoms with Crippen molar-refractivity contribution in [3.8, 4) is 78.4 Å². The fraction of sp³-hybridized carbons (Fsp3) is 0.303. The van der Waals surface area contributed by atoms with E-state index in [1.54, 1.807) is 0 Å². The summed E-state index contributed by atoms with van der Waals surface area (Å²) >= 11 is 0. The molecule has 8 rings (SSSR count). The van der Waals surface area contributed by atoms with E-state index in [-0.39, 0.29) is 27.1 Å². The lowest BCUT2D eigenvalue weighted by Gasteiger charge is -2.27. The Morgan fingerprint density at radius 1 is 0.221 bits per heavy atom. The van der Waals surface area contributed by atoms with Crippen molar-refractivity contribution in [2.24, 2.45) is 0 Å². The molecule has 0 bridgehead atoms. The molecule has 0 N–H and O–H groups in total. The number of hydrogen-bond acceptors (Lipinski definition) is 2. The monoisotopic (exact) mass is 893 g/mol. The van der Waals surface area contributed by atoms with E-state index < -0.39 is 0 Å². The zero-order valence-electron chi connectivity index (χ0n) is 43.5. The Hall–Kier alpha value is -6.38. The van der Waals surface area contributed by atoms with Gasteiger partial charge in [0.1, 0.15) is 0 Å². The van der Waals surface area contributed by atoms with E-state index in [1.165, 1.54) is 66.8 Å². The van der Waals surface area contributed by atoms with Crippen LogP contribution in [-0.2, 0) is 27.1 Å². The molecule has 68 heavy (non-hydrogen) atoms. The zero-order chi connectivity index (χ0) is 49.0. The third-order valence-electron chi connectivity index (χ3n) is 13.4. The smallest absolute Gasteiger partial charge is 0.160 e. The van der Waals surface area contributed by atoms with Crippen LogP contribution in [0.4, 0.5) is 0 Å². The summed E-state index contributed by atoms with van der Waals surface area (Å²) in [5.74, 6) is 0.704. The summed E-state index contributed by atoms with van der Waals surface area (Å²) in [6, 6.07) is 60.8. The molecule has 0 aliphatic carbocycles. The van der Waals surface area contributed by atoms with E-state index in [1.807, 2.05) is 12.1 Å². The van der Waals surface area contributed by atoms with E-state index >= 15 is 0 Å². The minimum atomic E-state index is -0.105. The van der Waals surface area contributed by atoms with Gasteiger partial charge < -0.3 is 0 Å². The average molecular weight is 893 g/mol. The number of benzene rings is 7. The van der Waals surface area contributed by atoms with Crippen LogP contribution < -0.4 is 0 Å². The molecule has 0 amide bonds. The molecule has 0 saturated carbocycles. The van der Waals surface area contributed by atoms with Crippen LogP contribution in [0.3, 0.4) is 0 Å². The zero-order valence-corrected chi connectivity index (χ0v) is 43.5. The molecule has 8 aromatic rings. The van der Waals surface area contributed by atoms with Gasteiger partial charge in [0.15, 0.2) is 5.82 Å². The Bertz CT molecular complexity index is 2880. The predicted octanol–water partition coefficient (Wildman–Crippen LogP) is 18.6. The molecule has 346 valence electrons. The molecule has 7 aromatic carbocycles. The fourth-order valence-electron chi connectivity index (χ4n) is 8.77. The normalized spacial score (nSPS) is 12.6. The number of aromatic nitrogens is 2. The van der Waals surface area contributed by atoms with Crippen LogP contribution in [0.5, 0.6) is 0 Å². The molecule has 0 aliphatic heterocycles. The summed E-state index contributed by atoms with van der Waals surface area (Å²) in [6.45, 7) is 34.9. The second-order valence-electron chi connectivity index (χ2n) is 24.2. The van der Waals surface area contributed by atoms with Crippen LogP contribution in [0.15, 0.2) is 164 Å². The Kier molecular flexibility index (Phi) is 12.7. The van der Waals surface area contributed by atoms with Crippen LogP contribution in [0, 0.1) is 0 Å². The second-order valence-corrected chi connectivity index (χ2v) is 24.2. The number of rotatable bonds is 7. The molecule has 1 aromatic heterocycles. The van der Waals surface area contributed by atoms with Crippen molar-refractivity contribution in [2.45, 2.75) is 131 Å². The molecule has 0 fully saturated rings. The molecule has 2 heteroatoms. The lowest BCUT2D eigenvalue weighted by molar-refractivity contribution is 0.568. The Morgan fingerprint density at radius 2 is 0.471 bits per heavy atom. The second kappa shape index (κ2) is 17.9. The molecule has 0 saturated heterocycles. The maximum absolute atomic E-state index is 5.21. The van der Waals surface area contributed by atoms with Crippen molar-refractivity contribution in [1.82, 2.24) is 9.97 Å². The molecular formula is C66H72N2. The van der Waals surface area contributed by atoms with Gasteiger partial charge in [0.05, 0.1) is 11.4 Å². The Labute approximate surface area is 409 Å². The van der Waals surface area contributed by atoms with Gasteiger partial charge in [-0.3, -0.25) is 0 Å². The van der Waals surface area contributed by atoms with Gasteiger partial charge in [-0.05, 0) is 136 Å². The van der Waals surface area contributed by atoms with Crippen LogP contribution in [0.1, 0.15) is 132 Å². The SMILES string of the molecule is CC(C)(C)c1cc(-c2cc(-c3cc(C(C)(C)C)cc(C(C)(C)C)c3)cc(-c3cc(C(C)(C)C)cc(C(C)(C)C)c3)c2)cc(-c2cccc(-c3nc(-c4ccccc4)cc(-c4ccccc4)n3)c2)c1. The molecule has 2 nitrogen and oxygen atoms in total. The van der Waals surface area contributed by atoms with Crippen molar-refractivity contribution in [1.29, 1.82) is 0 Å². The molecule has 1 heterocycles. The third-order valence-corrected chi connectivity index (χ3v) is 13.4. The van der Waals surface area contributed by atoms with Gasteiger partial charge >= 0.3 is 0 Å². The van der Waals surface area contributed by atoms with Gasteiger partial charge in [0, 0.05) is 16.7 Å². The molecular weight excluding hydrogens is 821 g/mol. The van der Waals surface area contributed by atoms with Crippen molar-refractivity contribution >= 4 is 0 Å². The first-order chi connectivity index (χ1) is 31.8. The van der Waals surface area contributed by atoms with Crippen molar-refractivity contribution in [2.75, 3.05) is 0 Å². The third kappa shape index (κ3) is 10.8. The quantitative estimate of drug-likeness (QED) is 0.159. The van der Waals surface area contributed by atoms with Crippen LogP contribution >= 0.6 is 0 Å². The average Bonchev–Trinajstić information content (AvgIpc) is 3.30. The molecule has 0 spiro atoms. The van der Waals surface area contributed by atoms with Gasteiger partial charge in [-0.15, -0.1) is 0 Å². The highest BCUT2D eigenvalue weighted by atomic mass is 14.9. The van der Waals surface area contributed by atoms with Crippen molar-refractivity contribution in [3.05, 3.63) is 192 Å². The van der Waals surface area contributed by atoms with Gasteiger partial charge in [-0.1, -0.05) is 231 Å². The van der Waals surface area contributed by atoms with E-state index in [0.29, 0.717) is 5.82 Å². The van der Waals surface area contributed by atoms with Gasteiger partial charge in [-0.2, -0.15) is 0 Å². The van der Waals surface area contributed by atoms with Gasteiger partial charge in [0.2, 0.25) is 0 Å². The highest BCUT2D eigenvalue weighted by Gasteiger charge is 2.25. The summed E-state index contributed by atoms with van der Waals surface area (Å²) in [4.78, 5) is 10.4. The molecule has 0 unspecified atom stereocenters. The summed E-state index contributed by atoms with van der Waals surface area (Å²) in [5, 5.41) is 0. The molecule has 0 aliphatic rings. The van der Waals surface area contributed by atoms with Crippen molar-refractivity contribution < 1.29 is 0 Å². The highest BCUT2D eigenvalue weighted by Crippen LogP contribution is 2.42. The first-order valence-corrected chi connectivity index (χ1v) is 24.5. The first kappa shape index (κ1) is 48.1. The highest BCUT2D eigenvalue weighted by molar-refractivity contribution is 5.85. The van der Waals surface area contributed by atoms with Crippen LogP contribution in [0.25, 0.3) is 78.4 Å². The van der Waals surface area contributed by atoms with Gasteiger partial charge in [-0.25, -0.2) is 9.97 Å². The first-order valence-electron chi connectivity index (χ1n) is 24.5. The van der Waals surface area contributed by atoms with E-state index in [2.05, 4.69) is 256 Å². The minimum Gasteiger partial charge on any atom is -0.228 e. The van der Waals surface area contributed by atoms with E-state index in [0.717, 1.165) is 33.6 Å². The topological polar surface area (TPSA) is 25.8 Å². The van der Waals surface area contributed by atoms with E-state index in [9.17, 15) is 0 Å². The van der Waals surface area contributed by atoms with Gasteiger partial charge in [0.25, 0.3) is 0 Å². The largest absolute Gasteiger partial charge is 0.228 e. The summed E-state index contributed by atoms with van der Waals surface area (Å²) < 4.78 is 0. The Morgan fingerprint density at radius 3 is 0.809 bits per heavy atom. The number of nitrogens with zero attached hydrogens (tertiary/aromatic N) is 2. The maximum atomic E-state index is 5.21. The summed E-state index contributed by atoms with van der Waals surface area (Å²) in [5.41, 5.74) is 21.1. The number of hydrogen-bond donors (Lipinski definition) is 0. The lowest BCUT2D eigenvalue weighted by Crippen LogP contribution is -2.16.